The first kappa shape index (κ1) is 38.7. The third kappa shape index (κ3) is 12.3. The van der Waals surface area contributed by atoms with Gasteiger partial charge in [0.05, 0.1) is 0 Å². The van der Waals surface area contributed by atoms with Crippen molar-refractivity contribution in [1.82, 2.24) is 15.5 Å². The Balaban J connectivity index is 2.63. The van der Waals surface area contributed by atoms with Crippen LogP contribution in [0.4, 0.5) is 4.79 Å². The highest BCUT2D eigenvalue weighted by Gasteiger charge is 2.40. The maximum Gasteiger partial charge on any atom is 0.408 e. The molecule has 0 radical (unpaired) electrons. The van der Waals surface area contributed by atoms with E-state index in [-0.39, 0.29) is 6.42 Å². The van der Waals surface area contributed by atoms with Crippen LogP contribution in [-0.4, -0.2) is 70.1 Å². The lowest BCUT2D eigenvalue weighted by Crippen LogP contribution is -2.57. The van der Waals surface area contributed by atoms with E-state index >= 15 is 0 Å². The van der Waals surface area contributed by atoms with Crippen LogP contribution in [-0.2, 0) is 30.3 Å². The van der Waals surface area contributed by atoms with Crippen molar-refractivity contribution in [3.63, 3.8) is 0 Å². The lowest BCUT2D eigenvalue weighted by atomic mass is 9.95. The second kappa shape index (κ2) is 17.4. The Morgan fingerprint density at radius 2 is 1.43 bits per heavy atom. The Labute approximate surface area is 279 Å². The Morgan fingerprint density at radius 1 is 0.848 bits per heavy atom. The molecule has 0 aliphatic heterocycles. The topological polar surface area (TPSA) is 114 Å². The second-order valence-electron chi connectivity index (χ2n) is 13.5. The van der Waals surface area contributed by atoms with Crippen LogP contribution in [0.3, 0.4) is 0 Å². The predicted octanol–water partition coefficient (Wildman–Crippen LogP) is 6.38. The van der Waals surface area contributed by atoms with Crippen molar-refractivity contribution in [2.75, 3.05) is 12.0 Å². The number of thioether (sulfide) groups is 1. The zero-order valence-corrected chi connectivity index (χ0v) is 30.0. The van der Waals surface area contributed by atoms with Crippen LogP contribution < -0.4 is 10.6 Å². The van der Waals surface area contributed by atoms with Gasteiger partial charge >= 0.3 is 12.1 Å². The van der Waals surface area contributed by atoms with Crippen LogP contribution in [0.5, 0.6) is 0 Å². The van der Waals surface area contributed by atoms with Gasteiger partial charge < -0.3 is 25.0 Å². The molecular weight excluding hydrogens is 602 g/mol. The maximum absolute atomic E-state index is 14.6. The number of alkyl carbamates (subject to hydrolysis) is 1. The van der Waals surface area contributed by atoms with Gasteiger partial charge in [0, 0.05) is 12.5 Å². The number of hydrogen-bond acceptors (Lipinski definition) is 7. The largest absolute Gasteiger partial charge is 0.458 e. The van der Waals surface area contributed by atoms with Crippen LogP contribution in [0.15, 0.2) is 54.6 Å². The quantitative estimate of drug-likeness (QED) is 0.227. The van der Waals surface area contributed by atoms with E-state index in [1.54, 1.807) is 58.2 Å². The predicted molar refractivity (Wildman–Crippen MR) is 185 cm³/mol. The molecule has 0 spiro atoms. The summed E-state index contributed by atoms with van der Waals surface area (Å²) in [5.41, 5.74) is 0.744. The third-order valence-electron chi connectivity index (χ3n) is 7.22. The number of esters is 1. The molecule has 0 saturated carbocycles. The summed E-state index contributed by atoms with van der Waals surface area (Å²) in [6, 6.07) is 13.3. The van der Waals surface area contributed by atoms with Crippen LogP contribution in [0.25, 0.3) is 0 Å². The SMILES string of the molecule is CCC(C)N(C(=O)C(CCSC)NC(=O)OC(C)(C)C)C(C(=O)NC(Cc1ccccc1)C(=O)OC(C)(C)C)c1ccccc1C. The number of carbonyl (C=O) groups excluding carboxylic acids is 4. The molecule has 254 valence electrons. The van der Waals surface area contributed by atoms with Gasteiger partial charge in [-0.3, -0.25) is 9.59 Å². The van der Waals surface area contributed by atoms with Gasteiger partial charge in [-0.15, -0.1) is 0 Å². The van der Waals surface area contributed by atoms with Gasteiger partial charge in [-0.1, -0.05) is 61.5 Å². The molecule has 0 aromatic heterocycles. The molecule has 0 aliphatic rings. The molecule has 2 aromatic carbocycles. The van der Waals surface area contributed by atoms with Crippen LogP contribution in [0, 0.1) is 6.92 Å². The normalized spacial score (nSPS) is 14.3. The number of carbonyl (C=O) groups is 4. The van der Waals surface area contributed by atoms with Gasteiger partial charge in [0.2, 0.25) is 11.8 Å². The van der Waals surface area contributed by atoms with E-state index in [0.717, 1.165) is 11.1 Å². The van der Waals surface area contributed by atoms with Gasteiger partial charge in [0.15, 0.2) is 0 Å². The molecule has 2 N–H and O–H groups in total. The molecule has 0 aliphatic carbocycles. The van der Waals surface area contributed by atoms with Crippen molar-refractivity contribution in [2.24, 2.45) is 0 Å². The molecule has 0 saturated heterocycles. The van der Waals surface area contributed by atoms with Crippen molar-refractivity contribution >= 4 is 35.6 Å². The maximum atomic E-state index is 14.6. The van der Waals surface area contributed by atoms with Crippen molar-refractivity contribution in [1.29, 1.82) is 0 Å². The summed E-state index contributed by atoms with van der Waals surface area (Å²) in [6.07, 6.45) is 2.30. The second-order valence-corrected chi connectivity index (χ2v) is 14.5. The average molecular weight is 656 g/mol. The number of aryl methyl sites for hydroxylation is 1. The molecule has 0 fully saturated rings. The van der Waals surface area contributed by atoms with Crippen molar-refractivity contribution in [3.05, 3.63) is 71.3 Å². The van der Waals surface area contributed by atoms with Crippen LogP contribution in [0.2, 0.25) is 0 Å². The molecule has 0 bridgehead atoms. The van der Waals surface area contributed by atoms with E-state index in [4.69, 9.17) is 9.47 Å². The molecule has 0 heterocycles. The highest BCUT2D eigenvalue weighted by molar-refractivity contribution is 7.98. The van der Waals surface area contributed by atoms with Crippen molar-refractivity contribution in [3.8, 4) is 0 Å². The summed E-state index contributed by atoms with van der Waals surface area (Å²) < 4.78 is 11.2. The average Bonchev–Trinajstić information content (AvgIpc) is 2.96. The highest BCUT2D eigenvalue weighted by Crippen LogP contribution is 2.29. The summed E-state index contributed by atoms with van der Waals surface area (Å²) in [4.78, 5) is 57.0. The zero-order chi connectivity index (χ0) is 34.7. The Hall–Kier alpha value is -3.53. The third-order valence-corrected chi connectivity index (χ3v) is 7.86. The standard InChI is InChI=1S/C36H53N3O6S/c1-11-25(3)39(32(41)28(21-22-46-10)38-34(43)45-36(7,8)9)30(27-20-16-15-17-24(27)2)31(40)37-29(33(42)44-35(4,5)6)23-26-18-13-12-14-19-26/h12-20,25,28-30H,11,21-23H2,1-10H3,(H,37,40)(H,38,43). The van der Waals surface area contributed by atoms with E-state index in [1.807, 2.05) is 81.6 Å². The minimum Gasteiger partial charge on any atom is -0.458 e. The molecule has 4 atom stereocenters. The fraction of sp³-hybridized carbons (Fsp3) is 0.556. The smallest absolute Gasteiger partial charge is 0.408 e. The lowest BCUT2D eigenvalue weighted by molar-refractivity contribution is -0.159. The first-order valence-corrected chi connectivity index (χ1v) is 17.3. The monoisotopic (exact) mass is 655 g/mol. The number of nitrogens with zero attached hydrogens (tertiary/aromatic N) is 1. The minimum absolute atomic E-state index is 0.204. The van der Waals surface area contributed by atoms with Crippen LogP contribution >= 0.6 is 11.8 Å². The number of ether oxygens (including phenoxy) is 2. The van der Waals surface area contributed by atoms with Gasteiger partial charge in [0.25, 0.3) is 0 Å². The molecule has 2 rings (SSSR count). The Morgan fingerprint density at radius 3 is 1.98 bits per heavy atom. The van der Waals surface area contributed by atoms with Crippen LogP contribution in [0.1, 0.15) is 91.0 Å². The summed E-state index contributed by atoms with van der Waals surface area (Å²) in [6.45, 7) is 16.3. The number of nitrogens with one attached hydrogen (secondary N) is 2. The number of hydrogen-bond donors (Lipinski definition) is 2. The van der Waals surface area contributed by atoms with Crippen molar-refractivity contribution < 1.29 is 28.7 Å². The molecule has 46 heavy (non-hydrogen) atoms. The summed E-state index contributed by atoms with van der Waals surface area (Å²) in [7, 11) is 0. The zero-order valence-electron chi connectivity index (χ0n) is 29.1. The van der Waals surface area contributed by atoms with Gasteiger partial charge in [0.1, 0.15) is 29.3 Å². The molecule has 2 aromatic rings. The lowest BCUT2D eigenvalue weighted by Gasteiger charge is -2.39. The fourth-order valence-corrected chi connectivity index (χ4v) is 5.37. The van der Waals surface area contributed by atoms with E-state index in [0.29, 0.717) is 24.2 Å². The molecular formula is C36H53N3O6S. The first-order chi connectivity index (χ1) is 21.5. The minimum atomic E-state index is -1.10. The van der Waals surface area contributed by atoms with E-state index in [1.165, 1.54) is 0 Å². The van der Waals surface area contributed by atoms with Gasteiger partial charge in [-0.05, 0) is 96.9 Å². The number of amides is 3. The summed E-state index contributed by atoms with van der Waals surface area (Å²) in [5, 5.41) is 5.73. The fourth-order valence-electron chi connectivity index (χ4n) is 4.90. The molecule has 10 heteroatoms. The van der Waals surface area contributed by atoms with E-state index in [2.05, 4.69) is 10.6 Å². The molecule has 3 amide bonds. The van der Waals surface area contributed by atoms with Crippen molar-refractivity contribution in [2.45, 2.75) is 117 Å². The first-order valence-electron chi connectivity index (χ1n) is 15.9. The highest BCUT2D eigenvalue weighted by atomic mass is 32.2. The van der Waals surface area contributed by atoms with E-state index < -0.39 is 59.2 Å². The Kier molecular flexibility index (Phi) is 14.6. The summed E-state index contributed by atoms with van der Waals surface area (Å²) in [5.74, 6) is -0.899. The molecule has 9 nitrogen and oxygen atoms in total. The summed E-state index contributed by atoms with van der Waals surface area (Å²) >= 11 is 1.55. The number of rotatable bonds is 14. The molecule has 4 unspecified atom stereocenters. The van der Waals surface area contributed by atoms with Gasteiger partial charge in [-0.25, -0.2) is 9.59 Å². The number of benzene rings is 2. The Bertz CT molecular complexity index is 1300. The van der Waals surface area contributed by atoms with E-state index in [9.17, 15) is 19.2 Å². The van der Waals surface area contributed by atoms with Gasteiger partial charge in [-0.2, -0.15) is 11.8 Å².